The van der Waals surface area contributed by atoms with Crippen LogP contribution in [0, 0.1) is 5.92 Å². The van der Waals surface area contributed by atoms with Crippen molar-refractivity contribution in [2.24, 2.45) is 5.92 Å². The van der Waals surface area contributed by atoms with E-state index >= 15 is 0 Å². The fraction of sp³-hybridized carbons (Fsp3) is 0.900. The standard InChI is InChI=1S/C10H18ClNO2/c1-3-8(2)10(13)12-4-5-14-7-9(11)6-12/h8-9H,3-7H2,1-2H3. The van der Waals surface area contributed by atoms with Crippen molar-refractivity contribution in [2.75, 3.05) is 26.3 Å². The predicted molar refractivity (Wildman–Crippen MR) is 56.5 cm³/mol. The van der Waals surface area contributed by atoms with E-state index in [4.69, 9.17) is 16.3 Å². The number of amides is 1. The first-order valence-electron chi connectivity index (χ1n) is 5.15. The Morgan fingerprint density at radius 1 is 1.71 bits per heavy atom. The number of ether oxygens (including phenoxy) is 1. The van der Waals surface area contributed by atoms with E-state index in [1.807, 2.05) is 18.7 Å². The third kappa shape index (κ3) is 3.14. The van der Waals surface area contributed by atoms with E-state index in [-0.39, 0.29) is 17.2 Å². The maximum absolute atomic E-state index is 11.8. The van der Waals surface area contributed by atoms with Crippen molar-refractivity contribution in [1.82, 2.24) is 4.90 Å². The van der Waals surface area contributed by atoms with E-state index in [1.165, 1.54) is 0 Å². The number of hydrogen-bond acceptors (Lipinski definition) is 2. The molecule has 1 aliphatic heterocycles. The monoisotopic (exact) mass is 219 g/mol. The van der Waals surface area contributed by atoms with Crippen LogP contribution in [-0.2, 0) is 9.53 Å². The molecule has 0 aromatic rings. The number of carbonyl (C=O) groups excluding carboxylic acids is 1. The van der Waals surface area contributed by atoms with E-state index in [1.54, 1.807) is 0 Å². The van der Waals surface area contributed by atoms with Gasteiger partial charge in [0, 0.05) is 19.0 Å². The van der Waals surface area contributed by atoms with Gasteiger partial charge in [-0.2, -0.15) is 0 Å². The van der Waals surface area contributed by atoms with Gasteiger partial charge in [0.25, 0.3) is 0 Å². The predicted octanol–water partition coefficient (Wildman–Crippen LogP) is 1.50. The second-order valence-corrected chi connectivity index (χ2v) is 4.38. The van der Waals surface area contributed by atoms with Gasteiger partial charge in [-0.25, -0.2) is 0 Å². The Balaban J connectivity index is 2.52. The Hall–Kier alpha value is -0.280. The van der Waals surface area contributed by atoms with E-state index < -0.39 is 0 Å². The quantitative estimate of drug-likeness (QED) is 0.659. The summed E-state index contributed by atoms with van der Waals surface area (Å²) in [5.74, 6) is 0.292. The van der Waals surface area contributed by atoms with Crippen LogP contribution in [-0.4, -0.2) is 42.5 Å². The molecular weight excluding hydrogens is 202 g/mol. The lowest BCUT2D eigenvalue weighted by atomic mass is 10.1. The first-order chi connectivity index (χ1) is 6.65. The highest BCUT2D eigenvalue weighted by molar-refractivity contribution is 6.21. The van der Waals surface area contributed by atoms with E-state index in [2.05, 4.69) is 0 Å². The van der Waals surface area contributed by atoms with Crippen molar-refractivity contribution in [3.05, 3.63) is 0 Å². The lowest BCUT2D eigenvalue weighted by molar-refractivity contribution is -0.135. The minimum Gasteiger partial charge on any atom is -0.378 e. The molecule has 1 amide bonds. The molecule has 0 aromatic heterocycles. The van der Waals surface area contributed by atoms with Crippen molar-refractivity contribution >= 4 is 17.5 Å². The SMILES string of the molecule is CCC(C)C(=O)N1CCOCC(Cl)C1. The maximum Gasteiger partial charge on any atom is 0.225 e. The van der Waals surface area contributed by atoms with Crippen molar-refractivity contribution in [2.45, 2.75) is 25.6 Å². The zero-order valence-electron chi connectivity index (χ0n) is 8.83. The lowest BCUT2D eigenvalue weighted by Gasteiger charge is -2.24. The zero-order chi connectivity index (χ0) is 10.6. The molecule has 1 saturated heterocycles. The van der Waals surface area contributed by atoms with Crippen molar-refractivity contribution in [3.63, 3.8) is 0 Å². The molecule has 0 aromatic carbocycles. The third-order valence-corrected chi connectivity index (χ3v) is 2.83. The Morgan fingerprint density at radius 2 is 2.43 bits per heavy atom. The molecule has 0 N–H and O–H groups in total. The molecule has 0 radical (unpaired) electrons. The minimum atomic E-state index is -0.0643. The molecule has 1 rings (SSSR count). The molecular formula is C10H18ClNO2. The van der Waals surface area contributed by atoms with E-state index in [9.17, 15) is 4.79 Å². The highest BCUT2D eigenvalue weighted by Crippen LogP contribution is 2.11. The van der Waals surface area contributed by atoms with Crippen LogP contribution in [0.3, 0.4) is 0 Å². The number of halogens is 1. The molecule has 0 spiro atoms. The highest BCUT2D eigenvalue weighted by atomic mass is 35.5. The molecule has 2 atom stereocenters. The second-order valence-electron chi connectivity index (χ2n) is 3.77. The second kappa shape index (κ2) is 5.56. The maximum atomic E-state index is 11.8. The first-order valence-corrected chi connectivity index (χ1v) is 5.59. The Labute approximate surface area is 90.4 Å². The van der Waals surface area contributed by atoms with Crippen LogP contribution in [0.5, 0.6) is 0 Å². The third-order valence-electron chi connectivity index (χ3n) is 2.57. The molecule has 0 bridgehead atoms. The van der Waals surface area contributed by atoms with Gasteiger partial charge in [0.1, 0.15) is 0 Å². The number of carbonyl (C=O) groups is 1. The smallest absolute Gasteiger partial charge is 0.225 e. The highest BCUT2D eigenvalue weighted by Gasteiger charge is 2.23. The van der Waals surface area contributed by atoms with Crippen molar-refractivity contribution in [1.29, 1.82) is 0 Å². The molecule has 1 heterocycles. The van der Waals surface area contributed by atoms with Gasteiger partial charge in [-0.05, 0) is 6.42 Å². The molecule has 14 heavy (non-hydrogen) atoms. The summed E-state index contributed by atoms with van der Waals surface area (Å²) < 4.78 is 5.27. The summed E-state index contributed by atoms with van der Waals surface area (Å²) in [5.41, 5.74) is 0. The summed E-state index contributed by atoms with van der Waals surface area (Å²) in [6.45, 7) is 6.42. The summed E-state index contributed by atoms with van der Waals surface area (Å²) >= 11 is 5.99. The van der Waals surface area contributed by atoms with Crippen molar-refractivity contribution < 1.29 is 9.53 Å². The van der Waals surface area contributed by atoms with Gasteiger partial charge in [0.15, 0.2) is 0 Å². The average molecular weight is 220 g/mol. The fourth-order valence-corrected chi connectivity index (χ4v) is 1.71. The van der Waals surface area contributed by atoms with Gasteiger partial charge in [-0.1, -0.05) is 13.8 Å². The van der Waals surface area contributed by atoms with Crippen LogP contribution in [0.4, 0.5) is 0 Å². The summed E-state index contributed by atoms with van der Waals surface area (Å²) in [7, 11) is 0. The van der Waals surface area contributed by atoms with Crippen molar-refractivity contribution in [3.8, 4) is 0 Å². The van der Waals surface area contributed by atoms with Crippen LogP contribution < -0.4 is 0 Å². The van der Waals surface area contributed by atoms with Gasteiger partial charge in [0.2, 0.25) is 5.91 Å². The van der Waals surface area contributed by atoms with Gasteiger partial charge >= 0.3 is 0 Å². The molecule has 0 aliphatic carbocycles. The summed E-state index contributed by atoms with van der Waals surface area (Å²) in [6.07, 6.45) is 0.878. The minimum absolute atomic E-state index is 0.0643. The normalized spacial score (nSPS) is 25.6. The van der Waals surface area contributed by atoms with Gasteiger partial charge in [-0.15, -0.1) is 11.6 Å². The zero-order valence-corrected chi connectivity index (χ0v) is 9.59. The Bertz CT molecular complexity index is 199. The number of rotatable bonds is 2. The van der Waals surface area contributed by atoms with Gasteiger partial charge in [-0.3, -0.25) is 4.79 Å². The number of nitrogens with zero attached hydrogens (tertiary/aromatic N) is 1. The largest absolute Gasteiger partial charge is 0.378 e. The van der Waals surface area contributed by atoms with Crippen LogP contribution in [0.2, 0.25) is 0 Å². The topological polar surface area (TPSA) is 29.5 Å². The molecule has 4 heteroatoms. The summed E-state index contributed by atoms with van der Waals surface area (Å²) in [5, 5.41) is -0.0643. The fourth-order valence-electron chi connectivity index (χ4n) is 1.46. The van der Waals surface area contributed by atoms with Crippen LogP contribution >= 0.6 is 11.6 Å². The van der Waals surface area contributed by atoms with Crippen LogP contribution in [0.25, 0.3) is 0 Å². The Kier molecular flexibility index (Phi) is 4.69. The number of alkyl halides is 1. The first kappa shape index (κ1) is 11.8. The molecule has 1 aliphatic rings. The average Bonchev–Trinajstić information content (AvgIpc) is 2.40. The van der Waals surface area contributed by atoms with Crippen LogP contribution in [0.15, 0.2) is 0 Å². The Morgan fingerprint density at radius 3 is 3.07 bits per heavy atom. The van der Waals surface area contributed by atoms with Gasteiger partial charge < -0.3 is 9.64 Å². The molecule has 1 fully saturated rings. The van der Waals surface area contributed by atoms with Crippen LogP contribution in [0.1, 0.15) is 20.3 Å². The summed E-state index contributed by atoms with van der Waals surface area (Å²) in [4.78, 5) is 13.7. The molecule has 3 nitrogen and oxygen atoms in total. The van der Waals surface area contributed by atoms with E-state index in [0.717, 1.165) is 6.42 Å². The molecule has 0 saturated carbocycles. The van der Waals surface area contributed by atoms with Gasteiger partial charge in [0.05, 0.1) is 18.6 Å². The summed E-state index contributed by atoms with van der Waals surface area (Å²) in [6, 6.07) is 0. The molecule has 2 unspecified atom stereocenters. The molecule has 82 valence electrons. The number of hydrogen-bond donors (Lipinski definition) is 0. The lowest BCUT2D eigenvalue weighted by Crippen LogP contribution is -2.39. The van der Waals surface area contributed by atoms with E-state index in [0.29, 0.717) is 26.3 Å².